The van der Waals surface area contributed by atoms with Gasteiger partial charge < -0.3 is 77.4 Å². The SMILES string of the molecule is CC[C@H](C)[C@H]1NC(=O)[C@@H](NC(=O)[C@H](C)[C@H](O)C(C)C)[C@@H](C)OC(=O)[C@@H]2COC(=O)CNC(=O)/C=C/[C@](O)(CNCCCN)[C@@H](C)OC3=CC=C(CC3)[C@H](NC1=O)C(=O)N(C)[C@@H](Cc1ccccc1)C(=O)N[C@H]([C@@H](C)O)C(=O)N2. The fourth-order valence-electron chi connectivity index (χ4n) is 8.74. The minimum atomic E-state index is -1.97. The second-order valence-corrected chi connectivity index (χ2v) is 20.6. The number of fused-ring (bicyclic) bond motifs is 11. The smallest absolute Gasteiger partial charge is 0.332 e. The summed E-state index contributed by atoms with van der Waals surface area (Å²) in [5.74, 6) is -10.9. The molecule has 1 aromatic carbocycles. The van der Waals surface area contributed by atoms with Gasteiger partial charge in [-0.3, -0.25) is 38.4 Å². The lowest BCUT2D eigenvalue weighted by Gasteiger charge is -2.35. The van der Waals surface area contributed by atoms with Crippen LogP contribution in [0.2, 0.25) is 0 Å². The zero-order valence-electron chi connectivity index (χ0n) is 46.0. The van der Waals surface area contributed by atoms with E-state index in [1.54, 1.807) is 77.1 Å². The molecule has 4 aliphatic rings. The summed E-state index contributed by atoms with van der Waals surface area (Å²) in [6, 6.07) is -1.48. The van der Waals surface area contributed by atoms with Gasteiger partial charge >= 0.3 is 11.9 Å². The number of ether oxygens (including phenoxy) is 3. The Morgan fingerprint density at radius 2 is 1.54 bits per heavy atom. The number of nitrogens with zero attached hydrogens (tertiary/aromatic N) is 1. The first-order valence-corrected chi connectivity index (χ1v) is 26.5. The number of amides is 7. The molecule has 78 heavy (non-hydrogen) atoms. The number of benzene rings is 1. The number of aliphatic hydroxyl groups excluding tert-OH is 2. The second-order valence-electron chi connectivity index (χ2n) is 20.6. The number of esters is 2. The number of cyclic esters (lactones) is 1. The summed E-state index contributed by atoms with van der Waals surface area (Å²) in [5.41, 5.74) is 4.73. The van der Waals surface area contributed by atoms with Crippen LogP contribution in [0.25, 0.3) is 0 Å². The first-order valence-electron chi connectivity index (χ1n) is 26.5. The molecule has 0 aromatic heterocycles. The largest absolute Gasteiger partial charge is 0.492 e. The Morgan fingerprint density at radius 3 is 2.15 bits per heavy atom. The highest BCUT2D eigenvalue weighted by molar-refractivity contribution is 5.99. The minimum absolute atomic E-state index is 0.0589. The zero-order valence-corrected chi connectivity index (χ0v) is 46.0. The van der Waals surface area contributed by atoms with Crippen molar-refractivity contribution >= 4 is 53.3 Å². The number of likely N-dealkylation sites (N-methyl/N-ethyl adjacent to an activating group) is 1. The summed E-state index contributed by atoms with van der Waals surface area (Å²) in [5, 5.41) is 52.3. The van der Waals surface area contributed by atoms with E-state index in [1.165, 1.54) is 33.9 Å². The van der Waals surface area contributed by atoms with Crippen molar-refractivity contribution in [3.8, 4) is 0 Å². The molecule has 1 aliphatic carbocycles. The van der Waals surface area contributed by atoms with Gasteiger partial charge in [-0.2, -0.15) is 0 Å². The van der Waals surface area contributed by atoms with Crippen LogP contribution >= 0.6 is 0 Å². The van der Waals surface area contributed by atoms with E-state index in [0.29, 0.717) is 36.4 Å². The number of rotatable bonds is 14. The Balaban J connectivity index is 2.02. The molecule has 24 heteroatoms. The fraction of sp³-hybridized carbons (Fsp3) is 0.611. The van der Waals surface area contributed by atoms with Gasteiger partial charge in [-0.1, -0.05) is 77.4 Å². The summed E-state index contributed by atoms with van der Waals surface area (Å²) < 4.78 is 17.4. The Hall–Kier alpha value is -6.73. The van der Waals surface area contributed by atoms with Gasteiger partial charge in [0.15, 0.2) is 6.04 Å². The van der Waals surface area contributed by atoms with Crippen LogP contribution in [0.3, 0.4) is 0 Å². The van der Waals surface area contributed by atoms with E-state index < -0.39 is 150 Å². The summed E-state index contributed by atoms with van der Waals surface area (Å²) in [6.45, 7) is 11.0. The lowest BCUT2D eigenvalue weighted by atomic mass is 9.92. The van der Waals surface area contributed by atoms with Crippen molar-refractivity contribution in [2.75, 3.05) is 39.8 Å². The van der Waals surface area contributed by atoms with Gasteiger partial charge in [0, 0.05) is 32.5 Å². The highest BCUT2D eigenvalue weighted by atomic mass is 16.6. The van der Waals surface area contributed by atoms with Crippen LogP contribution in [-0.4, -0.2) is 180 Å². The van der Waals surface area contributed by atoms with Crippen molar-refractivity contribution in [1.82, 2.24) is 42.1 Å². The second kappa shape index (κ2) is 29.9. The van der Waals surface area contributed by atoms with Crippen molar-refractivity contribution < 1.29 is 72.7 Å². The molecule has 13 atom stereocenters. The minimum Gasteiger partial charge on any atom is -0.492 e. The van der Waals surface area contributed by atoms with Gasteiger partial charge in [-0.05, 0) is 81.8 Å². The quantitative estimate of drug-likeness (QED) is 0.0739. The molecule has 1 aromatic rings. The number of carbonyl (C=O) groups excluding carboxylic acids is 9. The first kappa shape index (κ1) is 63.8. The average molecular weight is 1100 g/mol. The zero-order chi connectivity index (χ0) is 58.0. The molecule has 1 fully saturated rings. The maximum absolute atomic E-state index is 15.3. The van der Waals surface area contributed by atoms with Crippen molar-refractivity contribution in [2.24, 2.45) is 23.5 Å². The Morgan fingerprint density at radius 1 is 0.872 bits per heavy atom. The average Bonchev–Trinajstić information content (AvgIpc) is 3.42. The fourth-order valence-corrected chi connectivity index (χ4v) is 8.74. The molecule has 3 heterocycles. The van der Waals surface area contributed by atoms with E-state index in [9.17, 15) is 53.7 Å². The van der Waals surface area contributed by atoms with Crippen LogP contribution in [0.5, 0.6) is 0 Å². The number of allylic oxidation sites excluding steroid dienone is 3. The molecular weight excluding hydrogens is 1010 g/mol. The van der Waals surface area contributed by atoms with E-state index in [4.69, 9.17) is 19.9 Å². The van der Waals surface area contributed by atoms with E-state index >= 15 is 4.79 Å². The summed E-state index contributed by atoms with van der Waals surface area (Å²) in [4.78, 5) is 130. The monoisotopic (exact) mass is 1100 g/mol. The molecule has 5 rings (SSSR count). The van der Waals surface area contributed by atoms with Crippen LogP contribution in [0.1, 0.15) is 86.6 Å². The molecule has 4 bridgehead atoms. The molecular formula is C54H81N9O15. The maximum atomic E-state index is 15.3. The predicted octanol–water partition coefficient (Wildman–Crippen LogP) is -1.59. The molecule has 3 aliphatic heterocycles. The molecule has 24 nitrogen and oxygen atoms in total. The normalized spacial score (nSPS) is 28.7. The van der Waals surface area contributed by atoms with Gasteiger partial charge in [0.1, 0.15) is 61.2 Å². The third-order valence-corrected chi connectivity index (χ3v) is 14.2. The number of aliphatic hydroxyl groups is 3. The summed E-state index contributed by atoms with van der Waals surface area (Å²) in [6.07, 6.45) is 0.587. The van der Waals surface area contributed by atoms with Gasteiger partial charge in [0.25, 0.3) is 0 Å². The van der Waals surface area contributed by atoms with Gasteiger partial charge in [-0.15, -0.1) is 0 Å². The molecule has 0 spiro atoms. The van der Waals surface area contributed by atoms with Gasteiger partial charge in [-0.25, -0.2) is 4.79 Å². The number of nitrogens with two attached hydrogens (primary N) is 1. The Labute approximate surface area is 455 Å². The third kappa shape index (κ3) is 17.9. The van der Waals surface area contributed by atoms with Crippen LogP contribution in [0.15, 0.2) is 66.0 Å². The lowest BCUT2D eigenvalue weighted by Crippen LogP contribution is -2.62. The number of hydrogen-bond acceptors (Lipinski definition) is 17. The maximum Gasteiger partial charge on any atom is 0.332 e. The van der Waals surface area contributed by atoms with Crippen LogP contribution in [0.4, 0.5) is 0 Å². The molecule has 7 amide bonds. The van der Waals surface area contributed by atoms with Crippen molar-refractivity contribution in [1.29, 1.82) is 0 Å². The Bertz CT molecular complexity index is 2380. The highest BCUT2D eigenvalue weighted by Crippen LogP contribution is 2.28. The Kier molecular flexibility index (Phi) is 24.4. The number of hydrogen-bond donors (Lipinski definition) is 11. The molecule has 432 valence electrons. The van der Waals surface area contributed by atoms with Gasteiger partial charge in [0.2, 0.25) is 41.4 Å². The molecule has 0 radical (unpaired) electrons. The lowest BCUT2D eigenvalue weighted by molar-refractivity contribution is -0.160. The van der Waals surface area contributed by atoms with Crippen molar-refractivity contribution in [2.45, 2.75) is 154 Å². The van der Waals surface area contributed by atoms with E-state index in [0.717, 1.165) is 11.0 Å². The van der Waals surface area contributed by atoms with E-state index in [1.807, 2.05) is 0 Å². The number of nitrogens with one attached hydrogen (secondary N) is 7. The van der Waals surface area contributed by atoms with Crippen LogP contribution in [-0.2, 0) is 63.8 Å². The number of carbonyl (C=O) groups is 9. The van der Waals surface area contributed by atoms with Crippen molar-refractivity contribution in [3.05, 3.63) is 71.5 Å². The predicted molar refractivity (Wildman–Crippen MR) is 284 cm³/mol. The molecule has 1 saturated heterocycles. The van der Waals surface area contributed by atoms with Crippen LogP contribution in [0, 0.1) is 17.8 Å². The van der Waals surface area contributed by atoms with Gasteiger partial charge in [0.05, 0.1) is 23.9 Å². The van der Waals surface area contributed by atoms with Crippen molar-refractivity contribution in [3.63, 3.8) is 0 Å². The van der Waals surface area contributed by atoms with Crippen LogP contribution < -0.4 is 43.0 Å². The highest BCUT2D eigenvalue weighted by Gasteiger charge is 2.43. The topological polar surface area (TPSA) is 355 Å². The molecule has 0 saturated carbocycles. The third-order valence-electron chi connectivity index (χ3n) is 14.2. The first-order chi connectivity index (χ1) is 36.8. The molecule has 0 unspecified atom stereocenters. The van der Waals surface area contributed by atoms with E-state index in [2.05, 4.69) is 37.2 Å². The van der Waals surface area contributed by atoms with E-state index in [-0.39, 0.29) is 32.2 Å². The summed E-state index contributed by atoms with van der Waals surface area (Å²) in [7, 11) is 1.33. The standard InChI is InChI=1S/C54H81N9O15/c1-10-30(4)42-49(70)62-45-36-17-19-37(20-18-36)78-34(8)54(75,28-56-24-14-23-55)22-21-40(65)57-26-41(66)76-27-38(53(74)77-33(7)44(51(72)59-42)61-47(68)31(5)46(67)29(2)3)58-50(71)43(32(6)64)60-48(69)39(63(9)52(45)73)25-35-15-12-11-13-16-35/h11-13,15-17,19,21-22,29-34,38-39,42-46,56,64,67,75H,10,14,18,20,23-28,55H2,1-9H3,(H,57,65)(H,58,71)(H,59,72)(H,60,69)(H,61,68)(H,62,70)/b22-21+/t30-,31+,32+,33+,34+,38-,39-,42+,43+,44-,45-,46+,54-/m0/s1. The molecule has 12 N–H and O–H groups in total. The summed E-state index contributed by atoms with van der Waals surface area (Å²) >= 11 is 0.